The summed E-state index contributed by atoms with van der Waals surface area (Å²) < 4.78 is 0. The van der Waals surface area contributed by atoms with Crippen molar-refractivity contribution in [2.75, 3.05) is 16.9 Å². The van der Waals surface area contributed by atoms with E-state index in [0.29, 0.717) is 6.54 Å². The summed E-state index contributed by atoms with van der Waals surface area (Å²) >= 11 is 0. The highest BCUT2D eigenvalue weighted by Gasteiger charge is 2.23. The summed E-state index contributed by atoms with van der Waals surface area (Å²) in [6.45, 7) is 2.40. The van der Waals surface area contributed by atoms with Crippen molar-refractivity contribution in [3.05, 3.63) is 46.6 Å². The van der Waals surface area contributed by atoms with E-state index in [4.69, 9.17) is 5.84 Å². The second kappa shape index (κ2) is 5.93. The molecule has 0 spiro atoms. The first-order chi connectivity index (χ1) is 9.67. The summed E-state index contributed by atoms with van der Waals surface area (Å²) in [6, 6.07) is 9.29. The number of hydrogen-bond acceptors (Lipinski definition) is 7. The molecule has 8 heteroatoms. The first kappa shape index (κ1) is 13.7. The molecule has 0 saturated heterocycles. The van der Waals surface area contributed by atoms with Gasteiger partial charge in [0.05, 0.1) is 4.92 Å². The molecule has 2 rings (SSSR count). The fraction of sp³-hybridized carbons (Fsp3) is 0.167. The van der Waals surface area contributed by atoms with Gasteiger partial charge in [0.25, 0.3) is 0 Å². The van der Waals surface area contributed by atoms with Crippen LogP contribution in [-0.4, -0.2) is 21.4 Å². The van der Waals surface area contributed by atoms with Crippen molar-refractivity contribution in [1.29, 1.82) is 0 Å². The highest BCUT2D eigenvalue weighted by molar-refractivity contribution is 5.68. The van der Waals surface area contributed by atoms with Crippen LogP contribution in [-0.2, 0) is 0 Å². The number of benzene rings is 1. The lowest BCUT2D eigenvalue weighted by atomic mass is 10.2. The molecule has 8 nitrogen and oxygen atoms in total. The van der Waals surface area contributed by atoms with Gasteiger partial charge in [0, 0.05) is 12.2 Å². The first-order valence-corrected chi connectivity index (χ1v) is 5.98. The number of hydrogen-bond donors (Lipinski definition) is 2. The minimum Gasteiger partial charge on any atom is -0.321 e. The molecule has 0 aliphatic heterocycles. The van der Waals surface area contributed by atoms with Crippen molar-refractivity contribution >= 4 is 23.1 Å². The number of anilines is 3. The maximum absolute atomic E-state index is 11.1. The lowest BCUT2D eigenvalue weighted by molar-refractivity contribution is -0.384. The smallest absolute Gasteiger partial charge is 0.321 e. The molecule has 2 aromatic rings. The van der Waals surface area contributed by atoms with E-state index in [-0.39, 0.29) is 17.5 Å². The monoisotopic (exact) mass is 274 g/mol. The second-order valence-electron chi connectivity index (χ2n) is 3.88. The molecule has 1 heterocycles. The predicted octanol–water partition coefficient (Wildman–Crippen LogP) is 1.83. The van der Waals surface area contributed by atoms with E-state index in [2.05, 4.69) is 15.4 Å². The van der Waals surface area contributed by atoms with Gasteiger partial charge in [-0.2, -0.15) is 4.98 Å². The number of para-hydroxylation sites is 1. The molecule has 0 atom stereocenters. The van der Waals surface area contributed by atoms with Crippen molar-refractivity contribution in [3.8, 4) is 0 Å². The normalized spacial score (nSPS) is 10.1. The molecule has 0 amide bonds. The number of nitrogens with zero attached hydrogens (tertiary/aromatic N) is 4. The van der Waals surface area contributed by atoms with Crippen molar-refractivity contribution in [2.45, 2.75) is 6.92 Å². The third kappa shape index (κ3) is 2.64. The minimum atomic E-state index is -0.513. The van der Waals surface area contributed by atoms with E-state index in [0.717, 1.165) is 11.9 Å². The first-order valence-electron chi connectivity index (χ1n) is 5.98. The van der Waals surface area contributed by atoms with E-state index in [9.17, 15) is 10.1 Å². The molecule has 0 radical (unpaired) electrons. The van der Waals surface area contributed by atoms with Gasteiger partial charge in [-0.1, -0.05) is 18.2 Å². The van der Waals surface area contributed by atoms with Crippen LogP contribution in [0.5, 0.6) is 0 Å². The average molecular weight is 274 g/mol. The predicted molar refractivity (Wildman–Crippen MR) is 75.6 cm³/mol. The molecule has 0 bridgehead atoms. The number of nitrogens with one attached hydrogen (secondary N) is 1. The Kier molecular flexibility index (Phi) is 4.06. The van der Waals surface area contributed by atoms with E-state index in [1.54, 1.807) is 4.90 Å². The Morgan fingerprint density at radius 1 is 1.40 bits per heavy atom. The Balaban J connectivity index is 2.55. The Morgan fingerprint density at radius 2 is 2.10 bits per heavy atom. The molecule has 0 fully saturated rings. The summed E-state index contributed by atoms with van der Waals surface area (Å²) in [5.41, 5.74) is 2.93. The molecule has 104 valence electrons. The van der Waals surface area contributed by atoms with Crippen LogP contribution in [0.2, 0.25) is 0 Å². The number of nitrogens with two attached hydrogens (primary N) is 1. The molecule has 20 heavy (non-hydrogen) atoms. The molecule has 0 saturated carbocycles. The van der Waals surface area contributed by atoms with Crippen molar-refractivity contribution in [2.24, 2.45) is 5.84 Å². The van der Waals surface area contributed by atoms with Crippen LogP contribution < -0.4 is 16.2 Å². The Labute approximate surface area is 115 Å². The van der Waals surface area contributed by atoms with Crippen molar-refractivity contribution < 1.29 is 4.92 Å². The summed E-state index contributed by atoms with van der Waals surface area (Å²) in [7, 11) is 0. The van der Waals surface area contributed by atoms with Crippen LogP contribution in [0.1, 0.15) is 6.92 Å². The molecule has 0 aliphatic carbocycles. The van der Waals surface area contributed by atoms with Gasteiger partial charge in [-0.25, -0.2) is 10.8 Å². The molecular weight excluding hydrogens is 260 g/mol. The van der Waals surface area contributed by atoms with Crippen LogP contribution in [0.3, 0.4) is 0 Å². The number of hydrazine groups is 1. The third-order valence-corrected chi connectivity index (χ3v) is 2.72. The number of nitrogen functional groups attached to an aromatic ring is 1. The number of rotatable bonds is 5. The SMILES string of the molecule is CCN(c1ccccc1)c1nc(NN)ncc1[N+](=O)[O-]. The van der Waals surface area contributed by atoms with Gasteiger partial charge in [-0.3, -0.25) is 15.5 Å². The highest BCUT2D eigenvalue weighted by atomic mass is 16.6. The molecule has 1 aromatic carbocycles. The summed E-state index contributed by atoms with van der Waals surface area (Å²) in [4.78, 5) is 20.2. The Bertz CT molecular complexity index is 604. The number of nitro groups is 1. The van der Waals surface area contributed by atoms with E-state index >= 15 is 0 Å². The van der Waals surface area contributed by atoms with Crippen LogP contribution in [0, 0.1) is 10.1 Å². The van der Waals surface area contributed by atoms with Gasteiger partial charge >= 0.3 is 5.69 Å². The standard InChI is InChI=1S/C12H14N6O2/c1-2-17(9-6-4-3-5-7-9)11-10(18(19)20)8-14-12(15-11)16-13/h3-8H,2,13H2,1H3,(H,14,15,16). The summed E-state index contributed by atoms with van der Waals surface area (Å²) in [5.74, 6) is 5.59. The molecule has 1 aromatic heterocycles. The Hall–Kier alpha value is -2.74. The largest absolute Gasteiger partial charge is 0.330 e. The maximum Gasteiger partial charge on any atom is 0.330 e. The zero-order valence-corrected chi connectivity index (χ0v) is 10.9. The highest BCUT2D eigenvalue weighted by Crippen LogP contribution is 2.31. The van der Waals surface area contributed by atoms with E-state index < -0.39 is 4.92 Å². The fourth-order valence-electron chi connectivity index (χ4n) is 1.83. The topological polar surface area (TPSA) is 110 Å². The van der Waals surface area contributed by atoms with Gasteiger partial charge in [-0.05, 0) is 19.1 Å². The van der Waals surface area contributed by atoms with Gasteiger partial charge in [-0.15, -0.1) is 0 Å². The van der Waals surface area contributed by atoms with Crippen LogP contribution in [0.25, 0.3) is 0 Å². The fourth-order valence-corrected chi connectivity index (χ4v) is 1.83. The summed E-state index contributed by atoms with van der Waals surface area (Å²) in [5, 5.41) is 11.1. The molecule has 0 unspecified atom stereocenters. The average Bonchev–Trinajstić information content (AvgIpc) is 2.48. The minimum absolute atomic E-state index is 0.125. The second-order valence-corrected chi connectivity index (χ2v) is 3.88. The van der Waals surface area contributed by atoms with Gasteiger partial charge < -0.3 is 4.90 Å². The van der Waals surface area contributed by atoms with E-state index in [1.807, 2.05) is 37.3 Å². The van der Waals surface area contributed by atoms with Crippen molar-refractivity contribution in [3.63, 3.8) is 0 Å². The van der Waals surface area contributed by atoms with Crippen LogP contribution >= 0.6 is 0 Å². The molecule has 0 aliphatic rings. The lowest BCUT2D eigenvalue weighted by Gasteiger charge is -2.21. The van der Waals surface area contributed by atoms with Gasteiger partial charge in [0.2, 0.25) is 11.8 Å². The van der Waals surface area contributed by atoms with Crippen molar-refractivity contribution in [1.82, 2.24) is 9.97 Å². The third-order valence-electron chi connectivity index (χ3n) is 2.72. The van der Waals surface area contributed by atoms with Gasteiger partial charge in [0.1, 0.15) is 6.20 Å². The maximum atomic E-state index is 11.1. The zero-order chi connectivity index (χ0) is 14.5. The quantitative estimate of drug-likeness (QED) is 0.486. The van der Waals surface area contributed by atoms with E-state index in [1.165, 1.54) is 0 Å². The zero-order valence-electron chi connectivity index (χ0n) is 10.9. The van der Waals surface area contributed by atoms with Gasteiger partial charge in [0.15, 0.2) is 0 Å². The number of aromatic nitrogens is 2. The lowest BCUT2D eigenvalue weighted by Crippen LogP contribution is -2.20. The molecular formula is C12H14N6O2. The van der Waals surface area contributed by atoms with Crippen LogP contribution in [0.4, 0.5) is 23.1 Å². The summed E-state index contributed by atoms with van der Waals surface area (Å²) in [6.07, 6.45) is 1.14. The molecule has 3 N–H and O–H groups in total. The Morgan fingerprint density at radius 3 is 2.65 bits per heavy atom. The van der Waals surface area contributed by atoms with Crippen LogP contribution in [0.15, 0.2) is 36.5 Å².